The Morgan fingerprint density at radius 3 is 2.07 bits per heavy atom. The Morgan fingerprint density at radius 1 is 1.11 bits per heavy atom. The van der Waals surface area contributed by atoms with Gasteiger partial charge in [0.05, 0.1) is 9.40 Å². The Balaban J connectivity index is 3.26. The molecule has 0 aliphatic carbocycles. The van der Waals surface area contributed by atoms with Gasteiger partial charge in [0.2, 0.25) is 0 Å². The number of aromatic nitrogens is 1. The Hall–Kier alpha value is -3.41. The molecule has 0 saturated carbocycles. The number of pyridine rings is 1. The number of rotatable bonds is 4. The van der Waals surface area contributed by atoms with E-state index in [-0.39, 0.29) is 15.6 Å². The summed E-state index contributed by atoms with van der Waals surface area (Å²) in [4.78, 5) is 48.0. The second-order valence-electron chi connectivity index (χ2n) is 5.50. The maximum absolute atomic E-state index is 12.1. The molecule has 1 heterocycles. The number of anilines is 1. The summed E-state index contributed by atoms with van der Waals surface area (Å²) in [7, 11) is 0. The number of nitrogens with zero attached hydrogens (tertiary/aromatic N) is 1. The number of phenols is 1. The summed E-state index contributed by atoms with van der Waals surface area (Å²) in [6, 6.07) is 0. The molecule has 0 amide bonds. The minimum atomic E-state index is -1.80. The predicted octanol–water partition coefficient (Wildman–Crippen LogP) is 2.01. The van der Waals surface area contributed by atoms with E-state index in [0.717, 1.165) is 0 Å². The third-order valence-electron chi connectivity index (χ3n) is 3.96. The normalized spacial score (nSPS) is 10.6. The largest absolute Gasteiger partial charge is 0.506 e. The number of halogens is 1. The summed E-state index contributed by atoms with van der Waals surface area (Å²) >= 11 is 2.97. The molecule has 0 aliphatic rings. The van der Waals surface area contributed by atoms with Crippen LogP contribution in [0.3, 0.4) is 0 Å². The van der Waals surface area contributed by atoms with Crippen LogP contribution >= 0.6 is 15.9 Å². The number of carbonyl (C=O) groups is 2. The molecule has 12 heteroatoms. The van der Waals surface area contributed by atoms with E-state index in [1.807, 2.05) is 4.98 Å². The van der Waals surface area contributed by atoms with E-state index in [2.05, 4.69) is 15.9 Å². The number of phenolic OH excluding ortho intramolecular Hbond substituents is 1. The highest BCUT2D eigenvalue weighted by molar-refractivity contribution is 9.10. The van der Waals surface area contributed by atoms with Crippen molar-refractivity contribution in [2.75, 3.05) is 5.73 Å². The van der Waals surface area contributed by atoms with Crippen molar-refractivity contribution in [3.63, 3.8) is 0 Å². The summed E-state index contributed by atoms with van der Waals surface area (Å²) < 4.78 is -0.152. The average molecular weight is 442 g/mol. The second-order valence-corrected chi connectivity index (χ2v) is 6.29. The zero-order valence-corrected chi connectivity index (χ0v) is 15.4. The van der Waals surface area contributed by atoms with Gasteiger partial charge in [0.25, 0.3) is 11.2 Å². The molecule has 27 heavy (non-hydrogen) atoms. The standard InChI is InChI=1S/C15H12BrN3O8/c1-3-5(11(20)9(16)4(2)10(3)19(26)27)6-7(14(22)23)12(17)18-13(21)8(6)15(24)25/h20H,1-2H3,(H,22,23)(H,24,25)(H3,17,18,21). The highest BCUT2D eigenvalue weighted by atomic mass is 79.9. The van der Waals surface area contributed by atoms with E-state index in [1.165, 1.54) is 13.8 Å². The molecule has 0 fully saturated rings. The molecule has 0 spiro atoms. The van der Waals surface area contributed by atoms with Gasteiger partial charge in [0, 0.05) is 22.3 Å². The van der Waals surface area contributed by atoms with Crippen LogP contribution in [0, 0.1) is 24.0 Å². The molecule has 0 atom stereocenters. The molecule has 1 aromatic heterocycles. The third kappa shape index (κ3) is 2.99. The molecular weight excluding hydrogens is 430 g/mol. The van der Waals surface area contributed by atoms with Crippen LogP contribution in [-0.2, 0) is 0 Å². The number of nitro groups is 1. The van der Waals surface area contributed by atoms with Crippen LogP contribution in [0.5, 0.6) is 5.75 Å². The van der Waals surface area contributed by atoms with E-state index in [4.69, 9.17) is 5.73 Å². The first kappa shape index (κ1) is 19.9. The zero-order valence-electron chi connectivity index (χ0n) is 13.8. The lowest BCUT2D eigenvalue weighted by Gasteiger charge is -2.17. The monoisotopic (exact) mass is 441 g/mol. The van der Waals surface area contributed by atoms with Crippen molar-refractivity contribution in [1.29, 1.82) is 0 Å². The fraction of sp³-hybridized carbons (Fsp3) is 0.133. The number of hydrogen-bond donors (Lipinski definition) is 5. The number of aromatic carboxylic acids is 2. The van der Waals surface area contributed by atoms with Crippen LogP contribution < -0.4 is 11.3 Å². The summed E-state index contributed by atoms with van der Waals surface area (Å²) in [5, 5.41) is 40.8. The van der Waals surface area contributed by atoms with Gasteiger partial charge in [0.15, 0.2) is 0 Å². The first-order valence-corrected chi connectivity index (χ1v) is 7.89. The molecular formula is C15H12BrN3O8. The number of carboxylic acid groups (broad SMARTS) is 2. The zero-order chi connectivity index (χ0) is 20.8. The molecule has 6 N–H and O–H groups in total. The minimum Gasteiger partial charge on any atom is -0.506 e. The van der Waals surface area contributed by atoms with Crippen molar-refractivity contribution in [3.05, 3.63) is 47.2 Å². The van der Waals surface area contributed by atoms with Gasteiger partial charge in [-0.3, -0.25) is 14.9 Å². The number of aromatic hydroxyl groups is 1. The number of nitrogen functional groups attached to an aromatic ring is 1. The molecule has 0 bridgehead atoms. The van der Waals surface area contributed by atoms with Gasteiger partial charge >= 0.3 is 11.9 Å². The quantitative estimate of drug-likeness (QED) is 0.347. The molecule has 11 nitrogen and oxygen atoms in total. The van der Waals surface area contributed by atoms with Crippen LogP contribution in [0.2, 0.25) is 0 Å². The van der Waals surface area contributed by atoms with Crippen LogP contribution in [0.15, 0.2) is 9.27 Å². The molecule has 2 rings (SSSR count). The topological polar surface area (TPSA) is 197 Å². The maximum atomic E-state index is 12.1. The van der Waals surface area contributed by atoms with Gasteiger partial charge in [-0.2, -0.15) is 0 Å². The third-order valence-corrected chi connectivity index (χ3v) is 4.93. The number of H-pyrrole nitrogens is 1. The summed E-state index contributed by atoms with van der Waals surface area (Å²) in [6.45, 7) is 2.53. The second kappa shape index (κ2) is 6.72. The fourth-order valence-corrected chi connectivity index (χ4v) is 3.23. The maximum Gasteiger partial charge on any atom is 0.342 e. The van der Waals surface area contributed by atoms with Crippen molar-refractivity contribution < 1.29 is 29.8 Å². The number of nitro benzene ring substituents is 1. The Labute approximate surface area is 158 Å². The van der Waals surface area contributed by atoms with E-state index < -0.39 is 61.9 Å². The van der Waals surface area contributed by atoms with Crippen molar-refractivity contribution >= 4 is 39.4 Å². The Kier molecular flexibility index (Phi) is 4.95. The van der Waals surface area contributed by atoms with Gasteiger partial charge in [-0.25, -0.2) is 9.59 Å². The molecule has 0 aliphatic heterocycles. The molecule has 0 radical (unpaired) electrons. The van der Waals surface area contributed by atoms with Gasteiger partial charge in [-0.05, 0) is 29.8 Å². The molecule has 2 aromatic rings. The number of nitrogens with one attached hydrogen (secondary N) is 1. The predicted molar refractivity (Wildman–Crippen MR) is 96.3 cm³/mol. The number of carboxylic acids is 2. The van der Waals surface area contributed by atoms with E-state index >= 15 is 0 Å². The van der Waals surface area contributed by atoms with Crippen molar-refractivity contribution in [2.45, 2.75) is 13.8 Å². The van der Waals surface area contributed by atoms with E-state index in [1.54, 1.807) is 0 Å². The van der Waals surface area contributed by atoms with Crippen LogP contribution in [0.4, 0.5) is 11.5 Å². The summed E-state index contributed by atoms with van der Waals surface area (Å²) in [5.74, 6) is -4.82. The van der Waals surface area contributed by atoms with Crippen LogP contribution in [0.25, 0.3) is 11.1 Å². The van der Waals surface area contributed by atoms with Crippen molar-refractivity contribution in [2.24, 2.45) is 0 Å². The molecule has 142 valence electrons. The van der Waals surface area contributed by atoms with E-state index in [0.29, 0.717) is 0 Å². The minimum absolute atomic E-state index is 0.0327. The number of aromatic amines is 1. The summed E-state index contributed by atoms with van der Waals surface area (Å²) in [6.07, 6.45) is 0. The highest BCUT2D eigenvalue weighted by Gasteiger charge is 2.33. The van der Waals surface area contributed by atoms with Gasteiger partial charge in [-0.15, -0.1) is 0 Å². The molecule has 1 aromatic carbocycles. The summed E-state index contributed by atoms with van der Waals surface area (Å²) in [5.41, 5.74) is 0.581. The fourth-order valence-electron chi connectivity index (χ4n) is 2.85. The van der Waals surface area contributed by atoms with Crippen molar-refractivity contribution in [1.82, 2.24) is 4.98 Å². The number of nitrogens with two attached hydrogens (primary N) is 1. The molecule has 0 saturated heterocycles. The lowest BCUT2D eigenvalue weighted by atomic mass is 9.89. The lowest BCUT2D eigenvalue weighted by Crippen LogP contribution is -2.24. The van der Waals surface area contributed by atoms with Gasteiger partial charge in [0.1, 0.15) is 22.7 Å². The smallest absolute Gasteiger partial charge is 0.342 e. The number of benzene rings is 1. The Morgan fingerprint density at radius 2 is 1.63 bits per heavy atom. The first-order chi connectivity index (χ1) is 12.4. The SMILES string of the molecule is Cc1c(Br)c(O)c(-c2c(C(=O)O)c(N)[nH]c(=O)c2C(=O)O)c(C)c1[N+](=O)[O-]. The molecule has 0 unspecified atom stereocenters. The number of hydrogen-bond acceptors (Lipinski definition) is 7. The first-order valence-electron chi connectivity index (χ1n) is 7.10. The van der Waals surface area contributed by atoms with Gasteiger partial charge in [-0.1, -0.05) is 0 Å². The lowest BCUT2D eigenvalue weighted by molar-refractivity contribution is -0.386. The Bertz CT molecular complexity index is 1090. The van der Waals surface area contributed by atoms with Gasteiger partial charge < -0.3 is 26.0 Å². The average Bonchev–Trinajstić information content (AvgIpc) is 2.51. The highest BCUT2D eigenvalue weighted by Crippen LogP contribution is 2.47. The van der Waals surface area contributed by atoms with Crippen LogP contribution in [0.1, 0.15) is 31.8 Å². The van der Waals surface area contributed by atoms with Crippen LogP contribution in [-0.4, -0.2) is 37.2 Å². The van der Waals surface area contributed by atoms with Crippen molar-refractivity contribution in [3.8, 4) is 16.9 Å². The van der Waals surface area contributed by atoms with E-state index in [9.17, 15) is 39.8 Å².